The predicted molar refractivity (Wildman–Crippen MR) is 79.7 cm³/mol. The van der Waals surface area contributed by atoms with Crippen molar-refractivity contribution in [3.05, 3.63) is 35.4 Å². The van der Waals surface area contributed by atoms with Crippen molar-refractivity contribution in [2.45, 2.75) is 31.7 Å². The fourth-order valence-corrected chi connectivity index (χ4v) is 4.42. The average molecular weight is 294 g/mol. The Bertz CT molecular complexity index is 506. The monoisotopic (exact) mass is 294 g/mol. The average Bonchev–Trinajstić information content (AvgIpc) is 3.06. The minimum Gasteiger partial charge on any atom is -0.329 e. The molecule has 1 aromatic carbocycles. The Balaban J connectivity index is 1.72. The fourth-order valence-electron chi connectivity index (χ4n) is 4.42. The summed E-state index contributed by atoms with van der Waals surface area (Å²) >= 11 is 0. The minimum atomic E-state index is -0.792. The maximum atomic E-state index is 14.0. The first kappa shape index (κ1) is 14.9. The van der Waals surface area contributed by atoms with Gasteiger partial charge in [-0.1, -0.05) is 18.6 Å². The van der Waals surface area contributed by atoms with Gasteiger partial charge in [-0.2, -0.15) is 0 Å². The van der Waals surface area contributed by atoms with Crippen molar-refractivity contribution in [3.63, 3.8) is 0 Å². The van der Waals surface area contributed by atoms with E-state index < -0.39 is 11.6 Å². The molecular formula is C17H24F2N2. The molecule has 2 aliphatic carbocycles. The molecule has 0 heterocycles. The normalized spacial score (nSPS) is 29.3. The van der Waals surface area contributed by atoms with E-state index in [1.54, 1.807) is 12.1 Å². The lowest BCUT2D eigenvalue weighted by Crippen LogP contribution is -2.36. The van der Waals surface area contributed by atoms with Gasteiger partial charge in [-0.25, -0.2) is 8.78 Å². The molecular weight excluding hydrogens is 270 g/mol. The number of likely N-dealkylation sites (N-methyl/N-ethyl adjacent to an activating group) is 1. The molecule has 2 bridgehead atoms. The van der Waals surface area contributed by atoms with Crippen LogP contribution in [0.1, 0.15) is 37.3 Å². The van der Waals surface area contributed by atoms with Crippen molar-refractivity contribution >= 4 is 0 Å². The van der Waals surface area contributed by atoms with Gasteiger partial charge in [0.25, 0.3) is 0 Å². The largest absolute Gasteiger partial charge is 0.329 e. The van der Waals surface area contributed by atoms with Gasteiger partial charge in [0.15, 0.2) is 11.6 Å². The molecule has 116 valence electrons. The van der Waals surface area contributed by atoms with Gasteiger partial charge in [0.05, 0.1) is 0 Å². The second kappa shape index (κ2) is 6.01. The Morgan fingerprint density at radius 3 is 2.71 bits per heavy atom. The summed E-state index contributed by atoms with van der Waals surface area (Å²) in [4.78, 5) is 2.11. The molecule has 21 heavy (non-hydrogen) atoms. The molecule has 4 atom stereocenters. The summed E-state index contributed by atoms with van der Waals surface area (Å²) in [5, 5.41) is 0. The molecule has 1 aromatic rings. The fraction of sp³-hybridized carbons (Fsp3) is 0.647. The van der Waals surface area contributed by atoms with E-state index >= 15 is 0 Å². The predicted octanol–water partition coefficient (Wildman–Crippen LogP) is 3.33. The van der Waals surface area contributed by atoms with Crippen molar-refractivity contribution < 1.29 is 8.78 Å². The summed E-state index contributed by atoms with van der Waals surface area (Å²) in [6.07, 6.45) is 5.37. The maximum absolute atomic E-state index is 14.0. The lowest BCUT2D eigenvalue weighted by Gasteiger charge is -2.32. The molecule has 2 fully saturated rings. The van der Waals surface area contributed by atoms with Gasteiger partial charge in [0, 0.05) is 24.7 Å². The molecule has 4 heteroatoms. The molecule has 0 aromatic heterocycles. The van der Waals surface area contributed by atoms with Crippen LogP contribution in [0, 0.1) is 29.4 Å². The van der Waals surface area contributed by atoms with Gasteiger partial charge in [0.2, 0.25) is 0 Å². The third kappa shape index (κ3) is 2.84. The Morgan fingerprint density at radius 2 is 2.10 bits per heavy atom. The van der Waals surface area contributed by atoms with Crippen LogP contribution in [0.25, 0.3) is 0 Å². The number of nitrogens with zero attached hydrogens (tertiary/aromatic N) is 1. The minimum absolute atomic E-state index is 0.250. The molecule has 3 rings (SSSR count). The number of hydrogen-bond donors (Lipinski definition) is 1. The summed E-state index contributed by atoms with van der Waals surface area (Å²) < 4.78 is 27.4. The molecule has 2 saturated carbocycles. The van der Waals surface area contributed by atoms with Crippen molar-refractivity contribution in [1.82, 2.24) is 4.90 Å². The molecule has 0 aliphatic heterocycles. The Kier molecular flexibility index (Phi) is 4.27. The van der Waals surface area contributed by atoms with Crippen LogP contribution in [0.4, 0.5) is 8.78 Å². The maximum Gasteiger partial charge on any atom is 0.163 e. The van der Waals surface area contributed by atoms with Gasteiger partial charge in [0.1, 0.15) is 0 Å². The van der Waals surface area contributed by atoms with E-state index in [0.29, 0.717) is 18.0 Å². The van der Waals surface area contributed by atoms with Gasteiger partial charge >= 0.3 is 0 Å². The summed E-state index contributed by atoms with van der Waals surface area (Å²) in [5.74, 6) is 0.871. The van der Waals surface area contributed by atoms with Crippen molar-refractivity contribution in [3.8, 4) is 0 Å². The van der Waals surface area contributed by atoms with Crippen LogP contribution in [-0.4, -0.2) is 25.0 Å². The molecule has 2 nitrogen and oxygen atoms in total. The van der Waals surface area contributed by atoms with E-state index in [2.05, 4.69) is 4.90 Å². The highest BCUT2D eigenvalue weighted by Gasteiger charge is 2.40. The number of hydrogen-bond acceptors (Lipinski definition) is 2. The second-order valence-electron chi connectivity index (χ2n) is 6.77. The number of nitrogens with two attached hydrogens (primary N) is 1. The van der Waals surface area contributed by atoms with Crippen LogP contribution < -0.4 is 5.73 Å². The first-order valence-electron chi connectivity index (χ1n) is 7.94. The zero-order valence-corrected chi connectivity index (χ0v) is 12.6. The van der Waals surface area contributed by atoms with Crippen molar-refractivity contribution in [1.29, 1.82) is 0 Å². The summed E-state index contributed by atoms with van der Waals surface area (Å²) in [7, 11) is 1.98. The highest BCUT2D eigenvalue weighted by molar-refractivity contribution is 5.23. The first-order chi connectivity index (χ1) is 10.1. The van der Waals surface area contributed by atoms with Gasteiger partial charge in [-0.05, 0) is 50.1 Å². The third-order valence-corrected chi connectivity index (χ3v) is 5.50. The van der Waals surface area contributed by atoms with Crippen LogP contribution in [0.15, 0.2) is 18.2 Å². The second-order valence-corrected chi connectivity index (χ2v) is 6.77. The molecule has 0 spiro atoms. The molecule has 0 radical (unpaired) electrons. The van der Waals surface area contributed by atoms with Gasteiger partial charge < -0.3 is 5.73 Å². The van der Waals surface area contributed by atoms with Crippen LogP contribution in [0.3, 0.4) is 0 Å². The highest BCUT2D eigenvalue weighted by atomic mass is 19.2. The molecule has 0 saturated heterocycles. The van der Waals surface area contributed by atoms with E-state index in [0.717, 1.165) is 24.4 Å². The number of rotatable bonds is 5. The number of fused-ring (bicyclic) bond motifs is 2. The third-order valence-electron chi connectivity index (χ3n) is 5.50. The lowest BCUT2D eigenvalue weighted by atomic mass is 9.88. The SMILES string of the molecule is CN(CC1CC2CCC1C2)C(CN)c1cccc(F)c1F. The Labute approximate surface area is 125 Å². The Hall–Kier alpha value is -1.00. The van der Waals surface area contributed by atoms with Gasteiger partial charge in [-0.3, -0.25) is 4.90 Å². The quantitative estimate of drug-likeness (QED) is 0.902. The first-order valence-corrected chi connectivity index (χ1v) is 7.94. The Morgan fingerprint density at radius 1 is 1.29 bits per heavy atom. The van der Waals surface area contributed by atoms with Crippen LogP contribution in [0.5, 0.6) is 0 Å². The van der Waals surface area contributed by atoms with Gasteiger partial charge in [-0.15, -0.1) is 0 Å². The number of halogens is 2. The molecule has 4 unspecified atom stereocenters. The summed E-state index contributed by atoms with van der Waals surface area (Å²) in [5.41, 5.74) is 6.22. The zero-order valence-electron chi connectivity index (χ0n) is 12.6. The van der Waals surface area contributed by atoms with E-state index in [-0.39, 0.29) is 6.04 Å². The van der Waals surface area contributed by atoms with Crippen molar-refractivity contribution in [2.75, 3.05) is 20.1 Å². The molecule has 2 N–H and O–H groups in total. The molecule has 2 aliphatic rings. The lowest BCUT2D eigenvalue weighted by molar-refractivity contribution is 0.173. The van der Waals surface area contributed by atoms with E-state index in [9.17, 15) is 8.78 Å². The highest BCUT2D eigenvalue weighted by Crippen LogP contribution is 2.48. The van der Waals surface area contributed by atoms with Crippen LogP contribution >= 0.6 is 0 Å². The van der Waals surface area contributed by atoms with Crippen LogP contribution in [0.2, 0.25) is 0 Å². The zero-order chi connectivity index (χ0) is 15.0. The van der Waals surface area contributed by atoms with E-state index in [1.807, 2.05) is 7.05 Å². The van der Waals surface area contributed by atoms with Crippen LogP contribution in [-0.2, 0) is 0 Å². The summed E-state index contributed by atoms with van der Waals surface area (Å²) in [6.45, 7) is 1.23. The van der Waals surface area contributed by atoms with E-state index in [1.165, 1.54) is 25.7 Å². The smallest absolute Gasteiger partial charge is 0.163 e. The standard InChI is InChI=1S/C17H24F2N2/c1-21(10-13-8-11-5-6-12(13)7-11)16(9-20)14-3-2-4-15(18)17(14)19/h2-4,11-13,16H,5-10,20H2,1H3. The van der Waals surface area contributed by atoms with E-state index in [4.69, 9.17) is 5.73 Å². The summed E-state index contributed by atoms with van der Waals surface area (Å²) in [6, 6.07) is 4.11. The van der Waals surface area contributed by atoms with Crippen molar-refractivity contribution in [2.24, 2.45) is 23.5 Å². The molecule has 0 amide bonds. The topological polar surface area (TPSA) is 29.3 Å². The number of benzene rings is 1.